The van der Waals surface area contributed by atoms with Crippen molar-refractivity contribution in [2.24, 2.45) is 0 Å². The molecule has 1 fully saturated rings. The first kappa shape index (κ1) is 33.7. The zero-order valence-corrected chi connectivity index (χ0v) is 26.0. The molecule has 0 aliphatic carbocycles. The summed E-state index contributed by atoms with van der Waals surface area (Å²) in [6, 6.07) is 1.93. The lowest BCUT2D eigenvalue weighted by atomic mass is 10.1. The average molecular weight is 606 g/mol. The van der Waals surface area contributed by atoms with E-state index in [4.69, 9.17) is 4.74 Å². The first-order valence-electron chi connectivity index (χ1n) is 14.4. The van der Waals surface area contributed by atoms with Gasteiger partial charge in [0, 0.05) is 53.2 Å². The SMILES string of the molecule is CN(C)CCNC(=O)[C@@H]1CCC(=O)N(C)CC(=O)N2CCN(C(=O)CN(C)C)C[C@H]2COc2ccc(F)cc2C(=O)N1C. The van der Waals surface area contributed by atoms with Crippen molar-refractivity contribution in [2.45, 2.75) is 24.9 Å². The van der Waals surface area contributed by atoms with E-state index in [1.807, 2.05) is 19.0 Å². The van der Waals surface area contributed by atoms with E-state index in [1.54, 1.807) is 28.8 Å². The van der Waals surface area contributed by atoms with Crippen molar-refractivity contribution in [1.29, 1.82) is 0 Å². The van der Waals surface area contributed by atoms with E-state index in [0.29, 0.717) is 19.6 Å². The van der Waals surface area contributed by atoms with Crippen LogP contribution in [0, 0.1) is 5.82 Å². The summed E-state index contributed by atoms with van der Waals surface area (Å²) in [7, 11) is 10.2. The van der Waals surface area contributed by atoms with Crippen LogP contribution in [-0.2, 0) is 19.2 Å². The van der Waals surface area contributed by atoms with E-state index in [0.717, 1.165) is 12.1 Å². The largest absolute Gasteiger partial charge is 0.491 e. The highest BCUT2D eigenvalue weighted by atomic mass is 19.1. The highest BCUT2D eigenvalue weighted by Crippen LogP contribution is 2.25. The number of benzene rings is 1. The highest BCUT2D eigenvalue weighted by molar-refractivity contribution is 5.99. The normalized spacial score (nSPS) is 20.8. The molecule has 43 heavy (non-hydrogen) atoms. The maximum atomic E-state index is 14.4. The number of piperazine rings is 1. The minimum absolute atomic E-state index is 0.00576. The van der Waals surface area contributed by atoms with Crippen LogP contribution >= 0.6 is 0 Å². The molecule has 5 amide bonds. The maximum absolute atomic E-state index is 14.4. The molecule has 0 bridgehead atoms. The zero-order valence-electron chi connectivity index (χ0n) is 26.0. The van der Waals surface area contributed by atoms with E-state index in [1.165, 1.54) is 30.0 Å². The van der Waals surface area contributed by atoms with Gasteiger partial charge in [0.2, 0.25) is 23.6 Å². The Morgan fingerprint density at radius 1 is 1.05 bits per heavy atom. The van der Waals surface area contributed by atoms with Gasteiger partial charge >= 0.3 is 0 Å². The summed E-state index contributed by atoms with van der Waals surface area (Å²) in [5.41, 5.74) is -0.0962. The van der Waals surface area contributed by atoms with E-state index in [2.05, 4.69) is 5.32 Å². The van der Waals surface area contributed by atoms with Crippen molar-refractivity contribution in [3.8, 4) is 5.75 Å². The van der Waals surface area contributed by atoms with Gasteiger partial charge < -0.3 is 39.5 Å². The summed E-state index contributed by atoms with van der Waals surface area (Å²) < 4.78 is 20.5. The Labute approximate surface area is 252 Å². The summed E-state index contributed by atoms with van der Waals surface area (Å²) >= 11 is 0. The van der Waals surface area contributed by atoms with Gasteiger partial charge in [-0.1, -0.05) is 0 Å². The molecule has 1 aromatic rings. The van der Waals surface area contributed by atoms with E-state index < -0.39 is 29.7 Å². The van der Waals surface area contributed by atoms with E-state index in [9.17, 15) is 28.4 Å². The number of hydrogen-bond donors (Lipinski definition) is 1. The standard InChI is InChI=1S/C29H44FN7O6/c1-32(2)12-11-31-28(41)23-8-10-25(38)34(5)18-27(40)37-14-13-36(26(39)17-33(3)4)16-21(37)19-43-24-9-7-20(30)15-22(24)29(42)35(23)6/h7,9,15,21,23H,8,10-14,16-19H2,1-6H3,(H,31,41)/t21-,23-/m0/s1. The molecule has 0 unspecified atom stereocenters. The Morgan fingerprint density at radius 3 is 2.44 bits per heavy atom. The molecule has 1 saturated heterocycles. The monoisotopic (exact) mass is 605 g/mol. The fourth-order valence-corrected chi connectivity index (χ4v) is 5.09. The van der Waals surface area contributed by atoms with E-state index in [-0.39, 0.29) is 74.7 Å². The quantitative estimate of drug-likeness (QED) is 0.446. The lowest BCUT2D eigenvalue weighted by molar-refractivity contribution is -0.147. The number of ether oxygens (including phenoxy) is 1. The van der Waals surface area contributed by atoms with Gasteiger partial charge in [0.15, 0.2) is 0 Å². The molecule has 2 aliphatic heterocycles. The topological polar surface area (TPSA) is 126 Å². The molecule has 0 aromatic heterocycles. The molecular formula is C29H44FN7O6. The number of nitrogens with zero attached hydrogens (tertiary/aromatic N) is 6. The van der Waals surface area contributed by atoms with Crippen molar-refractivity contribution < 1.29 is 33.1 Å². The minimum Gasteiger partial charge on any atom is -0.491 e. The Morgan fingerprint density at radius 2 is 1.77 bits per heavy atom. The highest BCUT2D eigenvalue weighted by Gasteiger charge is 2.35. The first-order chi connectivity index (χ1) is 20.3. The van der Waals surface area contributed by atoms with Gasteiger partial charge in [-0.25, -0.2) is 4.39 Å². The molecule has 1 aromatic carbocycles. The predicted octanol–water partition coefficient (Wildman–Crippen LogP) is -0.824. The van der Waals surface area contributed by atoms with Gasteiger partial charge in [0.05, 0.1) is 24.7 Å². The number of rotatable bonds is 6. The molecule has 238 valence electrons. The second kappa shape index (κ2) is 15.1. The number of nitrogens with one attached hydrogen (secondary N) is 1. The van der Waals surface area contributed by atoms with Gasteiger partial charge in [0.25, 0.3) is 5.91 Å². The van der Waals surface area contributed by atoms with Gasteiger partial charge in [-0.05, 0) is 52.8 Å². The molecule has 14 heteroatoms. The minimum atomic E-state index is -1.04. The average Bonchev–Trinajstić information content (AvgIpc) is 2.94. The van der Waals surface area contributed by atoms with Crippen molar-refractivity contribution in [2.75, 3.05) is 94.7 Å². The Bertz CT molecular complexity index is 1200. The van der Waals surface area contributed by atoms with Crippen LogP contribution in [0.2, 0.25) is 0 Å². The molecule has 3 rings (SSSR count). The van der Waals surface area contributed by atoms with Crippen molar-refractivity contribution in [3.05, 3.63) is 29.6 Å². The van der Waals surface area contributed by atoms with Crippen LogP contribution in [-0.4, -0.2) is 166 Å². The number of carbonyl (C=O) groups is 5. The van der Waals surface area contributed by atoms with Crippen molar-refractivity contribution in [1.82, 2.24) is 34.7 Å². The zero-order chi connectivity index (χ0) is 31.8. The Balaban J connectivity index is 1.95. The lowest BCUT2D eigenvalue weighted by Gasteiger charge is -2.42. The number of amides is 5. The lowest BCUT2D eigenvalue weighted by Crippen LogP contribution is -2.60. The second-order valence-electron chi connectivity index (χ2n) is 11.6. The third-order valence-electron chi connectivity index (χ3n) is 7.59. The Hall–Kier alpha value is -3.78. The molecule has 0 radical (unpaired) electrons. The fourth-order valence-electron chi connectivity index (χ4n) is 5.09. The van der Waals surface area contributed by atoms with Gasteiger partial charge in [-0.15, -0.1) is 0 Å². The molecule has 2 heterocycles. The van der Waals surface area contributed by atoms with Crippen LogP contribution in [0.25, 0.3) is 0 Å². The molecule has 13 nitrogen and oxygen atoms in total. The number of hydrogen-bond acceptors (Lipinski definition) is 8. The summed E-state index contributed by atoms with van der Waals surface area (Å²) in [6.07, 6.45) is -0.107. The second-order valence-corrected chi connectivity index (χ2v) is 11.6. The third kappa shape index (κ3) is 9.10. The summed E-state index contributed by atoms with van der Waals surface area (Å²) in [4.78, 5) is 75.7. The molecular weight excluding hydrogens is 561 g/mol. The molecule has 0 saturated carbocycles. The number of carbonyl (C=O) groups excluding carboxylic acids is 5. The fraction of sp³-hybridized carbons (Fsp3) is 0.621. The molecule has 0 spiro atoms. The molecule has 1 N–H and O–H groups in total. The van der Waals surface area contributed by atoms with Gasteiger partial charge in [-0.3, -0.25) is 24.0 Å². The van der Waals surface area contributed by atoms with Crippen LogP contribution in [0.3, 0.4) is 0 Å². The van der Waals surface area contributed by atoms with Crippen molar-refractivity contribution >= 4 is 29.5 Å². The van der Waals surface area contributed by atoms with Crippen LogP contribution in [0.1, 0.15) is 23.2 Å². The molecule has 2 aliphatic rings. The molecule has 2 atom stereocenters. The summed E-state index contributed by atoms with van der Waals surface area (Å²) in [6.45, 7) is 1.56. The van der Waals surface area contributed by atoms with E-state index >= 15 is 0 Å². The first-order valence-corrected chi connectivity index (χ1v) is 14.4. The number of halogens is 1. The summed E-state index contributed by atoms with van der Waals surface area (Å²) in [5.74, 6) is -2.48. The number of likely N-dealkylation sites (N-methyl/N-ethyl adjacent to an activating group) is 4. The third-order valence-corrected chi connectivity index (χ3v) is 7.59. The van der Waals surface area contributed by atoms with Gasteiger partial charge in [-0.2, -0.15) is 0 Å². The number of fused-ring (bicyclic) bond motifs is 2. The van der Waals surface area contributed by atoms with Gasteiger partial charge in [0.1, 0.15) is 24.2 Å². The van der Waals surface area contributed by atoms with Crippen LogP contribution in [0.5, 0.6) is 5.75 Å². The van der Waals surface area contributed by atoms with Crippen LogP contribution in [0.15, 0.2) is 18.2 Å². The Kier molecular flexibility index (Phi) is 11.8. The smallest absolute Gasteiger partial charge is 0.258 e. The maximum Gasteiger partial charge on any atom is 0.258 e. The van der Waals surface area contributed by atoms with Crippen LogP contribution < -0.4 is 10.1 Å². The summed E-state index contributed by atoms with van der Waals surface area (Å²) in [5, 5.41) is 2.81. The predicted molar refractivity (Wildman–Crippen MR) is 157 cm³/mol. The van der Waals surface area contributed by atoms with Crippen LogP contribution in [0.4, 0.5) is 4.39 Å². The van der Waals surface area contributed by atoms with Crippen molar-refractivity contribution in [3.63, 3.8) is 0 Å².